The van der Waals surface area contributed by atoms with Gasteiger partial charge in [0.1, 0.15) is 12.2 Å². The lowest BCUT2D eigenvalue weighted by Crippen LogP contribution is -2.40. The van der Waals surface area contributed by atoms with Crippen LogP contribution in [0.5, 0.6) is 0 Å². The van der Waals surface area contributed by atoms with Gasteiger partial charge >= 0.3 is 0 Å². The standard InChI is InChI=1S/C18H27N3O4/c1-11(2)20-10-15-17(23)18-14(25-15)6-13(24-18)7-16(22)21-9-12-4-3-5-19-8-12/h3-5,8,11,13-15,17-18,20,23H,6-7,9-10H2,1-2H3,(H,21,22)/t13-,14+,15+,17+,18-/m0/s1. The van der Waals surface area contributed by atoms with Gasteiger partial charge in [0.15, 0.2) is 0 Å². The number of hydrogen-bond donors (Lipinski definition) is 3. The molecule has 3 rings (SSSR count). The molecule has 2 fully saturated rings. The largest absolute Gasteiger partial charge is 0.388 e. The van der Waals surface area contributed by atoms with Gasteiger partial charge < -0.3 is 25.2 Å². The van der Waals surface area contributed by atoms with Crippen LogP contribution in [0.25, 0.3) is 0 Å². The normalized spacial score (nSPS) is 31.3. The van der Waals surface area contributed by atoms with Crippen molar-refractivity contribution in [2.45, 2.75) is 69.8 Å². The van der Waals surface area contributed by atoms with Crippen molar-refractivity contribution in [3.05, 3.63) is 30.1 Å². The maximum atomic E-state index is 12.1. The number of hydrogen-bond acceptors (Lipinski definition) is 6. The van der Waals surface area contributed by atoms with Crippen LogP contribution >= 0.6 is 0 Å². The second-order valence-corrected chi connectivity index (χ2v) is 7.07. The van der Waals surface area contributed by atoms with Crippen molar-refractivity contribution in [1.29, 1.82) is 0 Å². The van der Waals surface area contributed by atoms with Gasteiger partial charge in [0.25, 0.3) is 0 Å². The maximum Gasteiger partial charge on any atom is 0.222 e. The third-order valence-electron chi connectivity index (χ3n) is 4.63. The molecule has 0 unspecified atom stereocenters. The average Bonchev–Trinajstić information content (AvgIpc) is 3.11. The molecule has 0 bridgehead atoms. The van der Waals surface area contributed by atoms with Crippen LogP contribution in [0, 0.1) is 0 Å². The predicted octanol–water partition coefficient (Wildman–Crippen LogP) is 0.372. The molecule has 2 aliphatic heterocycles. The predicted molar refractivity (Wildman–Crippen MR) is 91.8 cm³/mol. The van der Waals surface area contributed by atoms with E-state index in [1.54, 1.807) is 12.4 Å². The maximum absolute atomic E-state index is 12.1. The summed E-state index contributed by atoms with van der Waals surface area (Å²) >= 11 is 0. The fourth-order valence-electron chi connectivity index (χ4n) is 3.34. The third kappa shape index (κ3) is 4.76. The third-order valence-corrected chi connectivity index (χ3v) is 4.63. The van der Waals surface area contributed by atoms with E-state index in [1.807, 2.05) is 12.1 Å². The Morgan fingerprint density at radius 1 is 1.44 bits per heavy atom. The van der Waals surface area contributed by atoms with Crippen LogP contribution in [-0.4, -0.2) is 59.1 Å². The number of amides is 1. The Morgan fingerprint density at radius 3 is 2.96 bits per heavy atom. The quantitative estimate of drug-likeness (QED) is 0.659. The number of aliphatic hydroxyl groups is 1. The minimum atomic E-state index is -0.653. The molecule has 7 heteroatoms. The van der Waals surface area contributed by atoms with Crippen LogP contribution in [0.3, 0.4) is 0 Å². The molecule has 2 aliphatic rings. The van der Waals surface area contributed by atoms with Gasteiger partial charge in [-0.25, -0.2) is 0 Å². The summed E-state index contributed by atoms with van der Waals surface area (Å²) in [6, 6.07) is 4.10. The Hall–Kier alpha value is -1.54. The molecular formula is C18H27N3O4. The van der Waals surface area contributed by atoms with Crippen LogP contribution < -0.4 is 10.6 Å². The van der Waals surface area contributed by atoms with Crippen molar-refractivity contribution in [1.82, 2.24) is 15.6 Å². The smallest absolute Gasteiger partial charge is 0.222 e. The number of carbonyl (C=O) groups is 1. The molecule has 0 aromatic carbocycles. The zero-order chi connectivity index (χ0) is 17.8. The highest BCUT2D eigenvalue weighted by Crippen LogP contribution is 2.35. The first-order valence-electron chi connectivity index (χ1n) is 8.91. The van der Waals surface area contributed by atoms with E-state index in [1.165, 1.54) is 0 Å². The van der Waals surface area contributed by atoms with Crippen molar-refractivity contribution in [3.8, 4) is 0 Å². The lowest BCUT2D eigenvalue weighted by molar-refractivity contribution is -0.124. The van der Waals surface area contributed by atoms with Crippen LogP contribution in [-0.2, 0) is 20.8 Å². The second-order valence-electron chi connectivity index (χ2n) is 7.07. The molecule has 0 radical (unpaired) electrons. The number of pyridine rings is 1. The molecule has 2 saturated heterocycles. The van der Waals surface area contributed by atoms with Gasteiger partial charge in [0.2, 0.25) is 5.91 Å². The molecule has 5 atom stereocenters. The Bertz CT molecular complexity index is 569. The van der Waals surface area contributed by atoms with Crippen LogP contribution in [0.2, 0.25) is 0 Å². The molecule has 7 nitrogen and oxygen atoms in total. The Morgan fingerprint density at radius 2 is 2.28 bits per heavy atom. The number of ether oxygens (including phenoxy) is 2. The van der Waals surface area contributed by atoms with Gasteiger partial charge in [-0.15, -0.1) is 0 Å². The van der Waals surface area contributed by atoms with E-state index in [-0.39, 0.29) is 36.7 Å². The van der Waals surface area contributed by atoms with E-state index in [0.29, 0.717) is 25.6 Å². The minimum Gasteiger partial charge on any atom is -0.388 e. The van der Waals surface area contributed by atoms with E-state index in [0.717, 1.165) is 5.56 Å². The first-order chi connectivity index (χ1) is 12.0. The van der Waals surface area contributed by atoms with Crippen LogP contribution in [0.1, 0.15) is 32.3 Å². The summed E-state index contributed by atoms with van der Waals surface area (Å²) in [6.07, 6.45) is 2.76. The van der Waals surface area contributed by atoms with Gasteiger partial charge in [-0.05, 0) is 11.6 Å². The summed E-state index contributed by atoms with van der Waals surface area (Å²) in [5.41, 5.74) is 0.958. The molecule has 25 heavy (non-hydrogen) atoms. The topological polar surface area (TPSA) is 92.7 Å². The highest BCUT2D eigenvalue weighted by Gasteiger charge is 2.50. The number of aromatic nitrogens is 1. The summed E-state index contributed by atoms with van der Waals surface area (Å²) < 4.78 is 11.8. The fraction of sp³-hybridized carbons (Fsp3) is 0.667. The van der Waals surface area contributed by atoms with E-state index in [4.69, 9.17) is 9.47 Å². The number of nitrogens with zero attached hydrogens (tertiary/aromatic N) is 1. The lowest BCUT2D eigenvalue weighted by atomic mass is 10.1. The van der Waals surface area contributed by atoms with Crippen molar-refractivity contribution in [3.63, 3.8) is 0 Å². The molecule has 1 aromatic heterocycles. The second kappa shape index (κ2) is 8.23. The monoisotopic (exact) mass is 349 g/mol. The molecule has 138 valence electrons. The summed E-state index contributed by atoms with van der Waals surface area (Å²) in [4.78, 5) is 16.1. The summed E-state index contributed by atoms with van der Waals surface area (Å²) in [5, 5.41) is 16.5. The molecule has 3 N–H and O–H groups in total. The highest BCUT2D eigenvalue weighted by atomic mass is 16.6. The summed E-state index contributed by atoms with van der Waals surface area (Å²) in [7, 11) is 0. The number of carbonyl (C=O) groups excluding carboxylic acids is 1. The molecule has 1 aromatic rings. The Labute approximate surface area is 148 Å². The van der Waals surface area contributed by atoms with Gasteiger partial charge in [0.05, 0.1) is 24.7 Å². The van der Waals surface area contributed by atoms with Crippen LogP contribution in [0.15, 0.2) is 24.5 Å². The van der Waals surface area contributed by atoms with Gasteiger partial charge in [0, 0.05) is 37.9 Å². The molecular weight excluding hydrogens is 322 g/mol. The summed E-state index contributed by atoms with van der Waals surface area (Å²) in [6.45, 7) is 5.16. The van der Waals surface area contributed by atoms with E-state index in [9.17, 15) is 9.90 Å². The van der Waals surface area contributed by atoms with Crippen LogP contribution in [0.4, 0.5) is 0 Å². The van der Waals surface area contributed by atoms with Crippen molar-refractivity contribution < 1.29 is 19.4 Å². The molecule has 1 amide bonds. The zero-order valence-electron chi connectivity index (χ0n) is 14.7. The van der Waals surface area contributed by atoms with E-state index >= 15 is 0 Å². The number of fused-ring (bicyclic) bond motifs is 1. The fourth-order valence-corrected chi connectivity index (χ4v) is 3.34. The summed E-state index contributed by atoms with van der Waals surface area (Å²) in [5.74, 6) is -0.0682. The number of rotatable bonds is 7. The van der Waals surface area contributed by atoms with Crippen molar-refractivity contribution >= 4 is 5.91 Å². The first kappa shape index (κ1) is 18.3. The molecule has 3 heterocycles. The average molecular weight is 349 g/mol. The van der Waals surface area contributed by atoms with Crippen molar-refractivity contribution in [2.24, 2.45) is 0 Å². The SMILES string of the molecule is CC(C)NC[C@H]1O[C@@H]2C[C@@H](CC(=O)NCc3cccnc3)O[C@@H]2[C@@H]1O. The lowest BCUT2D eigenvalue weighted by Gasteiger charge is -2.21. The van der Waals surface area contributed by atoms with Gasteiger partial charge in [-0.2, -0.15) is 0 Å². The highest BCUT2D eigenvalue weighted by molar-refractivity contribution is 5.76. The van der Waals surface area contributed by atoms with E-state index < -0.39 is 6.10 Å². The Kier molecular flexibility index (Phi) is 6.01. The zero-order valence-corrected chi connectivity index (χ0v) is 14.7. The first-order valence-corrected chi connectivity index (χ1v) is 8.91. The number of aliphatic hydroxyl groups excluding tert-OH is 1. The molecule has 0 saturated carbocycles. The van der Waals surface area contributed by atoms with Gasteiger partial charge in [-0.1, -0.05) is 19.9 Å². The Balaban J connectivity index is 1.41. The van der Waals surface area contributed by atoms with Crippen molar-refractivity contribution in [2.75, 3.05) is 6.54 Å². The minimum absolute atomic E-state index is 0.0682. The molecule has 0 spiro atoms. The van der Waals surface area contributed by atoms with E-state index in [2.05, 4.69) is 29.5 Å². The molecule has 0 aliphatic carbocycles. The van der Waals surface area contributed by atoms with Gasteiger partial charge in [-0.3, -0.25) is 9.78 Å². The number of nitrogens with one attached hydrogen (secondary N) is 2.